The van der Waals surface area contributed by atoms with Gasteiger partial charge < -0.3 is 9.64 Å². The van der Waals surface area contributed by atoms with Crippen LogP contribution in [0.1, 0.15) is 19.4 Å². The van der Waals surface area contributed by atoms with Crippen LogP contribution < -0.4 is 9.64 Å². The summed E-state index contributed by atoms with van der Waals surface area (Å²) in [7, 11) is 1.37. The van der Waals surface area contributed by atoms with Gasteiger partial charge in [0.1, 0.15) is 11.4 Å². The van der Waals surface area contributed by atoms with E-state index in [1.54, 1.807) is 0 Å². The van der Waals surface area contributed by atoms with E-state index in [0.717, 1.165) is 11.0 Å². The van der Waals surface area contributed by atoms with Gasteiger partial charge in [-0.05, 0) is 24.1 Å². The molecule has 1 heterocycles. The number of halogens is 4. The maximum Gasteiger partial charge on any atom is 0.421 e. The largest absolute Gasteiger partial charge is 0.463 e. The van der Waals surface area contributed by atoms with Gasteiger partial charge in [0.15, 0.2) is 5.82 Å². The molecule has 0 amide bonds. The summed E-state index contributed by atoms with van der Waals surface area (Å²) in [5.74, 6) is -0.791. The van der Waals surface area contributed by atoms with E-state index in [0.29, 0.717) is 6.20 Å². The molecule has 130 valence electrons. The van der Waals surface area contributed by atoms with Crippen molar-refractivity contribution >= 4 is 11.5 Å². The Morgan fingerprint density at radius 1 is 1.25 bits per heavy atom. The highest BCUT2D eigenvalue weighted by atomic mass is 19.4. The molecule has 0 bridgehead atoms. The molecule has 0 saturated carbocycles. The molecule has 1 aromatic carbocycles. The first kappa shape index (κ1) is 18.0. The third-order valence-corrected chi connectivity index (χ3v) is 3.11. The molecule has 0 aliphatic heterocycles. The molecule has 0 N–H and O–H groups in total. The number of ether oxygens (including phenoxy) is 1. The van der Waals surface area contributed by atoms with E-state index >= 15 is 0 Å². The van der Waals surface area contributed by atoms with Crippen molar-refractivity contribution in [3.63, 3.8) is 0 Å². The van der Waals surface area contributed by atoms with Crippen molar-refractivity contribution in [3.8, 4) is 6.01 Å². The van der Waals surface area contributed by atoms with Crippen molar-refractivity contribution in [2.45, 2.75) is 20.0 Å². The maximum absolute atomic E-state index is 13.4. The van der Waals surface area contributed by atoms with Crippen molar-refractivity contribution in [3.05, 3.63) is 41.8 Å². The lowest BCUT2D eigenvalue weighted by atomic mass is 10.2. The molecular formula is C16H17F4N3O. The Morgan fingerprint density at radius 3 is 2.54 bits per heavy atom. The molecule has 0 fully saturated rings. The van der Waals surface area contributed by atoms with Crippen LogP contribution in [0.3, 0.4) is 0 Å². The van der Waals surface area contributed by atoms with Gasteiger partial charge in [0.25, 0.3) is 0 Å². The van der Waals surface area contributed by atoms with E-state index in [1.807, 2.05) is 13.8 Å². The van der Waals surface area contributed by atoms with Gasteiger partial charge in [-0.15, -0.1) is 0 Å². The van der Waals surface area contributed by atoms with Crippen molar-refractivity contribution in [1.29, 1.82) is 0 Å². The predicted molar refractivity (Wildman–Crippen MR) is 81.8 cm³/mol. The molecule has 4 nitrogen and oxygen atoms in total. The van der Waals surface area contributed by atoms with Crippen LogP contribution in [0.2, 0.25) is 0 Å². The van der Waals surface area contributed by atoms with Crippen molar-refractivity contribution in [2.75, 3.05) is 18.6 Å². The Balaban J connectivity index is 2.45. The fourth-order valence-electron chi connectivity index (χ4n) is 1.93. The molecule has 2 aromatic rings. The Labute approximate surface area is 137 Å². The number of hydrogen-bond donors (Lipinski definition) is 0. The zero-order chi connectivity index (χ0) is 17.9. The van der Waals surface area contributed by atoms with Crippen LogP contribution in [0.5, 0.6) is 6.01 Å². The number of benzene rings is 1. The third kappa shape index (κ3) is 4.33. The summed E-state index contributed by atoms with van der Waals surface area (Å²) < 4.78 is 58.3. The Morgan fingerprint density at radius 2 is 1.96 bits per heavy atom. The smallest absolute Gasteiger partial charge is 0.421 e. The molecule has 0 spiro atoms. The van der Waals surface area contributed by atoms with Crippen LogP contribution in [0.25, 0.3) is 0 Å². The van der Waals surface area contributed by atoms with E-state index < -0.39 is 23.4 Å². The SMILES string of the molecule is CC(C)COc1ncc(C(F)(F)F)c(N(C)c2cccc(F)c2)n1. The van der Waals surface area contributed by atoms with Crippen LogP contribution in [-0.4, -0.2) is 23.6 Å². The highest BCUT2D eigenvalue weighted by Crippen LogP contribution is 2.37. The summed E-state index contributed by atoms with van der Waals surface area (Å²) >= 11 is 0. The first-order valence-electron chi connectivity index (χ1n) is 7.25. The maximum atomic E-state index is 13.4. The van der Waals surface area contributed by atoms with Crippen LogP contribution >= 0.6 is 0 Å². The van der Waals surface area contributed by atoms with Gasteiger partial charge in [0.05, 0.1) is 6.61 Å². The summed E-state index contributed by atoms with van der Waals surface area (Å²) in [5.41, 5.74) is -0.792. The minimum atomic E-state index is -4.65. The number of hydrogen-bond acceptors (Lipinski definition) is 4. The Kier molecular flexibility index (Phi) is 5.26. The van der Waals surface area contributed by atoms with Gasteiger partial charge in [0.2, 0.25) is 0 Å². The minimum absolute atomic E-state index is 0.157. The molecule has 0 saturated heterocycles. The average Bonchev–Trinajstić information content (AvgIpc) is 2.51. The van der Waals surface area contributed by atoms with Crippen molar-refractivity contribution < 1.29 is 22.3 Å². The van der Waals surface area contributed by atoms with Gasteiger partial charge in [0, 0.05) is 18.9 Å². The van der Waals surface area contributed by atoms with Crippen LogP contribution in [0.4, 0.5) is 29.1 Å². The number of alkyl halides is 3. The van der Waals surface area contributed by atoms with Crippen molar-refractivity contribution in [2.24, 2.45) is 5.92 Å². The molecule has 1 aromatic heterocycles. The molecule has 0 aliphatic rings. The number of nitrogens with zero attached hydrogens (tertiary/aromatic N) is 3. The zero-order valence-corrected chi connectivity index (χ0v) is 13.4. The van der Waals surface area contributed by atoms with Gasteiger partial charge in [-0.3, -0.25) is 0 Å². The van der Waals surface area contributed by atoms with Gasteiger partial charge in [-0.25, -0.2) is 9.37 Å². The Bertz CT molecular complexity index is 704. The van der Waals surface area contributed by atoms with E-state index in [-0.39, 0.29) is 24.2 Å². The lowest BCUT2D eigenvalue weighted by Gasteiger charge is -2.22. The average molecular weight is 343 g/mol. The summed E-state index contributed by atoms with van der Waals surface area (Å²) in [5, 5.41) is 0. The fourth-order valence-corrected chi connectivity index (χ4v) is 1.93. The Hall–Kier alpha value is -2.38. The second kappa shape index (κ2) is 7.02. The van der Waals surface area contributed by atoms with Gasteiger partial charge in [-0.2, -0.15) is 18.2 Å². The zero-order valence-electron chi connectivity index (χ0n) is 13.4. The summed E-state index contributed by atoms with van der Waals surface area (Å²) in [6.45, 7) is 4.06. The standard InChI is InChI=1S/C16H17F4N3O/c1-10(2)9-24-15-21-8-13(16(18,19)20)14(22-15)23(3)12-6-4-5-11(17)7-12/h4-8,10H,9H2,1-3H3. The first-order valence-corrected chi connectivity index (χ1v) is 7.25. The highest BCUT2D eigenvalue weighted by molar-refractivity contribution is 5.62. The summed E-state index contributed by atoms with van der Waals surface area (Å²) in [4.78, 5) is 8.63. The first-order chi connectivity index (χ1) is 11.2. The van der Waals surface area contributed by atoms with Gasteiger partial charge in [-0.1, -0.05) is 19.9 Å². The predicted octanol–water partition coefficient (Wildman–Crippen LogP) is 4.44. The monoisotopic (exact) mass is 343 g/mol. The third-order valence-electron chi connectivity index (χ3n) is 3.11. The normalized spacial score (nSPS) is 11.7. The van der Waals surface area contributed by atoms with Crippen LogP contribution in [0, 0.1) is 11.7 Å². The summed E-state index contributed by atoms with van der Waals surface area (Å²) in [6, 6.07) is 5.07. The van der Waals surface area contributed by atoms with E-state index in [1.165, 1.54) is 25.2 Å². The molecule has 0 aliphatic carbocycles. The van der Waals surface area contributed by atoms with Crippen LogP contribution in [0.15, 0.2) is 30.5 Å². The molecular weight excluding hydrogens is 326 g/mol. The van der Waals surface area contributed by atoms with Gasteiger partial charge >= 0.3 is 12.2 Å². The highest BCUT2D eigenvalue weighted by Gasteiger charge is 2.36. The molecule has 2 rings (SSSR count). The molecule has 0 radical (unpaired) electrons. The van der Waals surface area contributed by atoms with Crippen molar-refractivity contribution in [1.82, 2.24) is 9.97 Å². The van der Waals surface area contributed by atoms with E-state index in [9.17, 15) is 17.6 Å². The second-order valence-electron chi connectivity index (χ2n) is 5.63. The summed E-state index contributed by atoms with van der Waals surface area (Å²) in [6.07, 6.45) is -3.97. The number of rotatable bonds is 5. The molecule has 24 heavy (non-hydrogen) atoms. The minimum Gasteiger partial charge on any atom is -0.463 e. The quantitative estimate of drug-likeness (QED) is 0.753. The van der Waals surface area contributed by atoms with E-state index in [4.69, 9.17) is 4.74 Å². The van der Waals surface area contributed by atoms with Crippen LogP contribution in [-0.2, 0) is 6.18 Å². The lowest BCUT2D eigenvalue weighted by Crippen LogP contribution is -2.20. The molecule has 0 atom stereocenters. The molecule has 0 unspecified atom stereocenters. The number of anilines is 2. The number of aromatic nitrogens is 2. The molecule has 8 heteroatoms. The second-order valence-corrected chi connectivity index (χ2v) is 5.63. The van der Waals surface area contributed by atoms with E-state index in [2.05, 4.69) is 9.97 Å². The fraction of sp³-hybridized carbons (Fsp3) is 0.375. The lowest BCUT2D eigenvalue weighted by molar-refractivity contribution is -0.137. The topological polar surface area (TPSA) is 38.2 Å².